The van der Waals surface area contributed by atoms with Crippen molar-refractivity contribution in [1.82, 2.24) is 10.2 Å². The van der Waals surface area contributed by atoms with Crippen LogP contribution in [0, 0.1) is 23.7 Å². The van der Waals surface area contributed by atoms with Crippen LogP contribution in [0.5, 0.6) is 5.75 Å². The maximum Gasteiger partial charge on any atom is 0.235 e. The van der Waals surface area contributed by atoms with Crippen LogP contribution in [0.3, 0.4) is 0 Å². The Bertz CT molecular complexity index is 1440. The molecule has 2 fully saturated rings. The highest BCUT2D eigenvalue weighted by Gasteiger charge is 2.69. The van der Waals surface area contributed by atoms with Gasteiger partial charge in [-0.05, 0) is 62.7 Å². The number of primary amides is 1. The lowest BCUT2D eigenvalue weighted by atomic mass is 9.52. The summed E-state index contributed by atoms with van der Waals surface area (Å²) >= 11 is 0. The molecule has 212 valence electrons. The van der Waals surface area contributed by atoms with E-state index in [0.29, 0.717) is 29.2 Å². The number of nitrogens with zero attached hydrogens (tertiary/aromatic N) is 1. The van der Waals surface area contributed by atoms with E-state index in [1.165, 1.54) is 11.0 Å². The third-order valence-electron chi connectivity index (χ3n) is 8.56. The van der Waals surface area contributed by atoms with Crippen molar-refractivity contribution >= 4 is 29.0 Å². The molecule has 6 atom stereocenters. The fourth-order valence-corrected chi connectivity index (χ4v) is 6.76. The molecule has 0 radical (unpaired) electrons. The van der Waals surface area contributed by atoms with Crippen LogP contribution in [0.1, 0.15) is 41.9 Å². The molecular formula is C29H33N3O8. The van der Waals surface area contributed by atoms with Gasteiger partial charge in [-0.25, -0.2) is 0 Å². The van der Waals surface area contributed by atoms with E-state index in [-0.39, 0.29) is 30.2 Å². The zero-order valence-electron chi connectivity index (χ0n) is 22.8. The van der Waals surface area contributed by atoms with Gasteiger partial charge in [0.2, 0.25) is 5.91 Å². The van der Waals surface area contributed by atoms with Gasteiger partial charge in [-0.2, -0.15) is 0 Å². The lowest BCUT2D eigenvalue weighted by Crippen LogP contribution is -2.74. The highest BCUT2D eigenvalue weighted by Crippen LogP contribution is 2.51. The van der Waals surface area contributed by atoms with Crippen LogP contribution < -0.4 is 11.1 Å². The van der Waals surface area contributed by atoms with E-state index >= 15 is 0 Å². The maximum atomic E-state index is 13.9. The number of phenolic OH excluding ortho intramolecular Hbond substituents is 1. The first-order valence-electron chi connectivity index (χ1n) is 13.3. The number of phenols is 1. The summed E-state index contributed by atoms with van der Waals surface area (Å²) in [6.07, 6.45) is 0.149. The van der Waals surface area contributed by atoms with Gasteiger partial charge in [0.05, 0.1) is 24.1 Å². The summed E-state index contributed by atoms with van der Waals surface area (Å²) in [6.45, 7) is 4.52. The number of ketones is 4. The van der Waals surface area contributed by atoms with Gasteiger partial charge in [0.1, 0.15) is 17.3 Å². The van der Waals surface area contributed by atoms with Crippen molar-refractivity contribution in [3.8, 4) is 17.1 Å². The molecule has 0 aliphatic heterocycles. The van der Waals surface area contributed by atoms with Crippen molar-refractivity contribution in [2.75, 3.05) is 14.1 Å². The molecule has 3 aliphatic rings. The van der Waals surface area contributed by atoms with Gasteiger partial charge in [0.15, 0.2) is 34.7 Å². The smallest absolute Gasteiger partial charge is 0.235 e. The summed E-state index contributed by atoms with van der Waals surface area (Å²) in [7, 11) is 3.10. The van der Waals surface area contributed by atoms with Crippen LogP contribution in [-0.4, -0.2) is 75.9 Å². The Balaban J connectivity index is 1.59. The van der Waals surface area contributed by atoms with E-state index in [1.807, 2.05) is 19.9 Å². The number of rotatable bonds is 6. The van der Waals surface area contributed by atoms with E-state index in [9.17, 15) is 34.2 Å². The topological polar surface area (TPSA) is 180 Å². The minimum absolute atomic E-state index is 0.0132. The summed E-state index contributed by atoms with van der Waals surface area (Å²) in [5, 5.41) is 25.7. The Labute approximate surface area is 230 Å². The van der Waals surface area contributed by atoms with Gasteiger partial charge in [-0.15, -0.1) is 0 Å². The van der Waals surface area contributed by atoms with Gasteiger partial charge >= 0.3 is 0 Å². The van der Waals surface area contributed by atoms with E-state index in [4.69, 9.17) is 10.2 Å². The highest BCUT2D eigenvalue weighted by molar-refractivity contribution is 6.32. The number of nitrogens with one attached hydrogen (secondary N) is 1. The van der Waals surface area contributed by atoms with E-state index in [2.05, 4.69) is 5.32 Å². The van der Waals surface area contributed by atoms with E-state index in [1.54, 1.807) is 26.2 Å². The largest absolute Gasteiger partial charge is 0.507 e. The molecule has 5 rings (SSSR count). The molecule has 0 spiro atoms. The zero-order valence-corrected chi connectivity index (χ0v) is 22.8. The number of Topliss-reactive ketones (excluding diaryl/α,β-unsaturated/α-hetero) is 4. The van der Waals surface area contributed by atoms with Crippen molar-refractivity contribution in [3.05, 3.63) is 41.2 Å². The molecule has 11 nitrogen and oxygen atoms in total. The van der Waals surface area contributed by atoms with Crippen LogP contribution in [0.25, 0.3) is 11.3 Å². The predicted octanol–water partition coefficient (Wildman–Crippen LogP) is 0.625. The molecule has 11 heteroatoms. The predicted molar refractivity (Wildman–Crippen MR) is 141 cm³/mol. The lowest BCUT2D eigenvalue weighted by molar-refractivity contribution is -0.181. The fourth-order valence-electron chi connectivity index (χ4n) is 6.76. The zero-order chi connectivity index (χ0) is 29.3. The van der Waals surface area contributed by atoms with Gasteiger partial charge in [0, 0.05) is 17.5 Å². The average molecular weight is 552 g/mol. The monoisotopic (exact) mass is 551 g/mol. The number of fused-ring (bicyclic) bond motifs is 3. The average Bonchev–Trinajstić information content (AvgIpc) is 3.33. The second kappa shape index (κ2) is 9.76. The second-order valence-electron chi connectivity index (χ2n) is 11.6. The Morgan fingerprint density at radius 3 is 2.48 bits per heavy atom. The third-order valence-corrected chi connectivity index (χ3v) is 8.56. The fraction of sp³-hybridized carbons (Fsp3) is 0.483. The quantitative estimate of drug-likeness (QED) is 0.372. The number of likely N-dealkylation sites (N-methyl/N-ethyl adjacent to an activating group) is 1. The highest BCUT2D eigenvalue weighted by atomic mass is 16.3. The number of amides is 1. The molecule has 0 bridgehead atoms. The first-order valence-corrected chi connectivity index (χ1v) is 13.3. The van der Waals surface area contributed by atoms with Crippen molar-refractivity contribution in [2.45, 2.75) is 50.9 Å². The number of benzene rings is 1. The van der Waals surface area contributed by atoms with Crippen LogP contribution in [0.2, 0.25) is 0 Å². The molecule has 2 aromatic rings. The number of aromatic hydroxyl groups is 1. The number of hydrogen-bond donors (Lipinski definition) is 4. The molecule has 1 aromatic heterocycles. The van der Waals surface area contributed by atoms with E-state index in [0.717, 1.165) is 0 Å². The Morgan fingerprint density at radius 1 is 1.15 bits per heavy atom. The van der Waals surface area contributed by atoms with Crippen LogP contribution >= 0.6 is 0 Å². The maximum absolute atomic E-state index is 13.9. The molecule has 40 heavy (non-hydrogen) atoms. The normalized spacial score (nSPS) is 29.9. The molecule has 6 unspecified atom stereocenters. The van der Waals surface area contributed by atoms with Crippen molar-refractivity contribution < 1.29 is 38.6 Å². The van der Waals surface area contributed by atoms with Crippen LogP contribution in [0.15, 0.2) is 28.7 Å². The van der Waals surface area contributed by atoms with Crippen LogP contribution in [-0.2, 0) is 32.1 Å². The number of aliphatic hydroxyl groups is 1. The SMILES string of the molecule is CC(C)NCc1ccc(-c2ccc(O)c3c2CC2CC4C(N(C)C)C(=O)C(C(N)=O)C(=O)C4(O)C(=O)C2C3=O)o1. The molecule has 3 aliphatic carbocycles. The Kier molecular flexibility index (Phi) is 6.80. The molecule has 1 aromatic carbocycles. The Morgan fingerprint density at radius 2 is 1.85 bits per heavy atom. The summed E-state index contributed by atoms with van der Waals surface area (Å²) in [4.78, 5) is 67.9. The third kappa shape index (κ3) is 4.03. The summed E-state index contributed by atoms with van der Waals surface area (Å²) in [5.41, 5.74) is 3.61. The Hall–Kier alpha value is -3.67. The number of furan rings is 1. The number of carbonyl (C=O) groups is 5. The van der Waals surface area contributed by atoms with Gasteiger partial charge in [-0.1, -0.05) is 13.8 Å². The molecular weight excluding hydrogens is 518 g/mol. The summed E-state index contributed by atoms with van der Waals surface area (Å²) in [6, 6.07) is 5.69. The summed E-state index contributed by atoms with van der Waals surface area (Å²) in [5.74, 6) is -9.56. The minimum atomic E-state index is -2.75. The number of hydrogen-bond acceptors (Lipinski definition) is 10. The first kappa shape index (κ1) is 27.9. The molecule has 5 N–H and O–H groups in total. The van der Waals surface area contributed by atoms with Crippen molar-refractivity contribution in [2.24, 2.45) is 29.4 Å². The molecule has 0 saturated heterocycles. The van der Waals surface area contributed by atoms with Crippen molar-refractivity contribution in [3.63, 3.8) is 0 Å². The van der Waals surface area contributed by atoms with Gasteiger partial charge in [0.25, 0.3) is 0 Å². The molecule has 2 saturated carbocycles. The van der Waals surface area contributed by atoms with Crippen molar-refractivity contribution in [1.29, 1.82) is 0 Å². The van der Waals surface area contributed by atoms with E-state index < -0.39 is 64.4 Å². The molecule has 1 heterocycles. The molecule has 1 amide bonds. The summed E-state index contributed by atoms with van der Waals surface area (Å²) < 4.78 is 6.03. The minimum Gasteiger partial charge on any atom is -0.507 e. The first-order chi connectivity index (χ1) is 18.8. The lowest BCUT2D eigenvalue weighted by Gasteiger charge is -2.52. The standard InChI is InChI=1S/C29H33N3O8/c1-12(2)31-11-14-5-8-19(40-14)15-6-7-18(33)21-16(15)9-13-10-17-23(32(3)4)25(35)22(28(30)38)27(37)29(17,39)26(36)20(13)24(21)34/h5-8,12-13,17,20,22-23,31,33,39H,9-11H2,1-4H3,(H2,30,38). The van der Waals surface area contributed by atoms with Gasteiger partial charge in [-0.3, -0.25) is 28.9 Å². The second-order valence-corrected chi connectivity index (χ2v) is 11.6. The number of nitrogens with two attached hydrogens (primary N) is 1. The van der Waals surface area contributed by atoms with Gasteiger partial charge < -0.3 is 25.7 Å². The number of carbonyl (C=O) groups excluding carboxylic acids is 5. The van der Waals surface area contributed by atoms with Crippen LogP contribution in [0.4, 0.5) is 0 Å².